The van der Waals surface area contributed by atoms with Crippen molar-refractivity contribution >= 4 is 29.5 Å². The number of aryl methyl sites for hydroxylation is 7. The number of carbonyl (C=O) groups is 5. The maximum atomic E-state index is 14.5. The number of rotatable bonds is 14. The van der Waals surface area contributed by atoms with Crippen molar-refractivity contribution < 1.29 is 65.2 Å². The Morgan fingerprint density at radius 3 is 1.31 bits per heavy atom. The number of halogens is 4. The Balaban J connectivity index is 0.000000115. The molecule has 0 radical (unpaired) electrons. The molecule has 2 aromatic carbocycles. The van der Waals surface area contributed by atoms with Gasteiger partial charge in [-0.25, -0.2) is 27.8 Å². The summed E-state index contributed by atoms with van der Waals surface area (Å²) in [6.45, 7) is 15.4. The molecule has 31 nitrogen and oxygen atoms in total. The van der Waals surface area contributed by atoms with E-state index in [4.69, 9.17) is 34.2 Å². The van der Waals surface area contributed by atoms with Crippen LogP contribution in [-0.4, -0.2) is 169 Å². The van der Waals surface area contributed by atoms with Gasteiger partial charge in [0.15, 0.2) is 28.5 Å². The number of pyridine rings is 3. The SMILES string of the molecule is CC(C)NC(=O)c1nn2c(c1-c1ccc(C#N)cc1F)OCCC2.Cc1ccc(C#N)cc1-c1c(C(=O)NC2CC2)nn2c1OCCC2.Cc1cncc(-c2c(C(=O)N3CCC3)nn3c2OCCC3)c1.N#Cc1ccc(-c2c(C(=O)NC3CC3)nn3c2OCCC3)nc1.O=C(NC1CC1)c1nn2c(c1-c1cncc(C(F)(F)F)c1)OCCC2. The monoisotopic (exact) mass is 1610 g/mol. The fourth-order valence-corrected chi connectivity index (χ4v) is 13.9. The lowest BCUT2D eigenvalue weighted by atomic mass is 9.98. The minimum absolute atomic E-state index is 0.00624. The molecule has 35 heteroatoms. The zero-order valence-corrected chi connectivity index (χ0v) is 65.1. The number of nitrogens with one attached hydrogen (secondary N) is 4. The van der Waals surface area contributed by atoms with Crippen molar-refractivity contribution in [2.45, 2.75) is 168 Å². The van der Waals surface area contributed by atoms with Crippen molar-refractivity contribution in [2.75, 3.05) is 46.1 Å². The van der Waals surface area contributed by atoms with Crippen LogP contribution in [-0.2, 0) is 38.9 Å². The third-order valence-corrected chi connectivity index (χ3v) is 20.3. The van der Waals surface area contributed by atoms with Gasteiger partial charge in [0, 0.05) is 150 Å². The minimum Gasteiger partial charge on any atom is -0.477 e. The molecule has 0 unspecified atom stereocenters. The molecule has 3 aliphatic carbocycles. The van der Waals surface area contributed by atoms with Crippen molar-refractivity contribution in [3.63, 3.8) is 0 Å². The van der Waals surface area contributed by atoms with E-state index >= 15 is 0 Å². The second-order valence-corrected chi connectivity index (χ2v) is 30.0. The van der Waals surface area contributed by atoms with E-state index in [2.05, 4.69) is 67.8 Å². The van der Waals surface area contributed by atoms with Gasteiger partial charge in [-0.05, 0) is 144 Å². The van der Waals surface area contributed by atoms with Crippen molar-refractivity contribution in [3.8, 4) is 103 Å². The van der Waals surface area contributed by atoms with Crippen LogP contribution in [0.2, 0.25) is 0 Å². The Morgan fingerprint density at radius 1 is 0.458 bits per heavy atom. The molecular weight excluding hydrogens is 1530 g/mol. The molecule has 0 atom stereocenters. The number of nitrogens with zero attached hydrogens (tertiary/aromatic N) is 17. The van der Waals surface area contributed by atoms with Gasteiger partial charge in [-0.3, -0.25) is 38.9 Å². The van der Waals surface area contributed by atoms with Crippen LogP contribution in [0, 0.1) is 53.7 Å². The smallest absolute Gasteiger partial charge is 0.417 e. The van der Waals surface area contributed by atoms with Crippen molar-refractivity contribution in [3.05, 3.63) is 159 Å². The van der Waals surface area contributed by atoms with Crippen molar-refractivity contribution in [2.24, 2.45) is 0 Å². The average molecular weight is 1610 g/mol. The van der Waals surface area contributed by atoms with Crippen LogP contribution in [0.15, 0.2) is 91.6 Å². The fraction of sp³-hybridized carbons (Fsp3) is 0.398. The molecule has 14 heterocycles. The predicted octanol–water partition coefficient (Wildman–Crippen LogP) is 10.9. The van der Waals surface area contributed by atoms with Gasteiger partial charge in [-0.2, -0.15) is 54.5 Å². The quantitative estimate of drug-likeness (QED) is 0.0735. The molecule has 9 aliphatic rings. The number of hydrogen-bond acceptors (Lipinski definition) is 21. The highest BCUT2D eigenvalue weighted by Crippen LogP contribution is 2.44. The van der Waals surface area contributed by atoms with Crippen LogP contribution in [0.1, 0.15) is 177 Å². The molecule has 4 N–H and O–H groups in total. The lowest BCUT2D eigenvalue weighted by Gasteiger charge is -2.30. The Kier molecular flexibility index (Phi) is 23.3. The molecule has 0 bridgehead atoms. The van der Waals surface area contributed by atoms with Gasteiger partial charge in [-0.15, -0.1) is 0 Å². The molecule has 0 spiro atoms. The topological polar surface area (TPSA) is 382 Å². The third-order valence-electron chi connectivity index (χ3n) is 20.3. The first-order valence-corrected chi connectivity index (χ1v) is 39.3. The van der Waals surface area contributed by atoms with Crippen LogP contribution in [0.3, 0.4) is 0 Å². The van der Waals surface area contributed by atoms with E-state index in [0.717, 1.165) is 156 Å². The summed E-state index contributed by atoms with van der Waals surface area (Å²) in [5.41, 5.74) is 9.17. The standard InChI is InChI=1S/C18H18N4O2.C17H17FN4O2.C16H15F3N4O2.C16H15N5O2.C16H18N4O2/c1-11-3-4-12(10-19)9-14(11)15-16(17(23)20-13-5-6-13)21-22-7-2-8-24-18(15)22;1-10(2)20-16(23)15-14(17-22(21-15)6-3-7-24-17)12-5-4-11(9-19)8-13(12)18;17-16(18,19)10-6-9(7-20-8-10)12-13(14(24)21-11-2-3-11)22-23-4-1-5-25-15(12)23;17-8-10-2-5-12(18-9-10)13-14(15(22)19-11-3-4-11)20-21-6-1-7-23-16(13)21;1-11-8-12(10-17-9-11)13-14(15(21)19-4-2-5-19)18-20-6-3-7-22-16(13)20/h3-4,9,13H,2,5-8H2,1H3,(H,20,23);4-5,8,10H,3,6-7H2,1-2H3,(H,20,23);6-8,11H,1-5H2,(H,21,24);2,5,9,11H,1,3-4,6-7H2,(H,19,22);8-10H,2-7H2,1H3. The second kappa shape index (κ2) is 34.5. The highest BCUT2D eigenvalue weighted by atomic mass is 19.4. The summed E-state index contributed by atoms with van der Waals surface area (Å²) in [5, 5.41) is 60.6. The van der Waals surface area contributed by atoms with Gasteiger partial charge < -0.3 is 49.9 Å². The first-order valence-electron chi connectivity index (χ1n) is 39.3. The van der Waals surface area contributed by atoms with Gasteiger partial charge >= 0.3 is 6.18 Å². The summed E-state index contributed by atoms with van der Waals surface area (Å²) in [7, 11) is 0. The number of nitriles is 3. The van der Waals surface area contributed by atoms with E-state index in [1.807, 2.05) is 61.5 Å². The largest absolute Gasteiger partial charge is 0.477 e. The Bertz CT molecular complexity index is 5650. The number of fused-ring (bicyclic) bond motifs is 5. The molecule has 608 valence electrons. The third kappa shape index (κ3) is 17.7. The van der Waals surface area contributed by atoms with Gasteiger partial charge in [0.2, 0.25) is 29.4 Å². The zero-order valence-electron chi connectivity index (χ0n) is 65.1. The number of likely N-dealkylation sites (tertiary alicyclic amines) is 1. The summed E-state index contributed by atoms with van der Waals surface area (Å²) in [5.74, 6) is 0.865. The average Bonchev–Trinajstić information content (AvgIpc) is 1.67. The van der Waals surface area contributed by atoms with Crippen LogP contribution in [0.5, 0.6) is 29.4 Å². The summed E-state index contributed by atoms with van der Waals surface area (Å²) >= 11 is 0. The Hall–Kier alpha value is -13.5. The Labute approximate surface area is 674 Å². The molecule has 5 amide bonds. The fourth-order valence-electron chi connectivity index (χ4n) is 13.9. The zero-order chi connectivity index (χ0) is 82.5. The summed E-state index contributed by atoms with van der Waals surface area (Å²) in [4.78, 5) is 76.9. The molecule has 4 fully saturated rings. The minimum atomic E-state index is -4.52. The molecule has 6 aliphatic heterocycles. The van der Waals surface area contributed by atoms with Gasteiger partial charge in [0.05, 0.1) is 101 Å². The second-order valence-electron chi connectivity index (χ2n) is 30.0. The van der Waals surface area contributed by atoms with Crippen LogP contribution < -0.4 is 45.0 Å². The highest BCUT2D eigenvalue weighted by molar-refractivity contribution is 6.04. The van der Waals surface area contributed by atoms with Gasteiger partial charge in [-0.1, -0.05) is 6.07 Å². The van der Waals surface area contributed by atoms with E-state index in [1.54, 1.807) is 50.7 Å². The number of hydrogen-bond donors (Lipinski definition) is 4. The van der Waals surface area contributed by atoms with E-state index < -0.39 is 23.5 Å². The first kappa shape index (κ1) is 79.7. The number of aromatic nitrogens is 13. The molecule has 8 aromatic heterocycles. The van der Waals surface area contributed by atoms with Crippen molar-refractivity contribution in [1.82, 2.24) is 90.0 Å². The van der Waals surface area contributed by atoms with E-state index in [9.17, 15) is 46.8 Å². The molecule has 1 saturated heterocycles. The highest BCUT2D eigenvalue weighted by Gasteiger charge is 2.39. The number of alkyl halides is 3. The van der Waals surface area contributed by atoms with E-state index in [0.29, 0.717) is 126 Å². The normalized spacial score (nSPS) is 15.8. The first-order chi connectivity index (χ1) is 57.1. The number of benzene rings is 2. The van der Waals surface area contributed by atoms with Gasteiger partial charge in [0.1, 0.15) is 11.9 Å². The Morgan fingerprint density at radius 2 is 0.873 bits per heavy atom. The predicted molar refractivity (Wildman–Crippen MR) is 415 cm³/mol. The van der Waals surface area contributed by atoms with Crippen molar-refractivity contribution in [1.29, 1.82) is 15.8 Å². The summed E-state index contributed by atoms with van der Waals surface area (Å²) < 4.78 is 90.6. The van der Waals surface area contributed by atoms with E-state index in [1.165, 1.54) is 29.2 Å². The molecule has 10 aromatic rings. The lowest BCUT2D eigenvalue weighted by Crippen LogP contribution is -2.42. The van der Waals surface area contributed by atoms with Crippen LogP contribution in [0.4, 0.5) is 17.6 Å². The van der Waals surface area contributed by atoms with Crippen LogP contribution in [0.25, 0.3) is 55.8 Å². The lowest BCUT2D eigenvalue weighted by molar-refractivity contribution is -0.137. The number of carbonyl (C=O) groups excluding carboxylic acids is 5. The molecule has 118 heavy (non-hydrogen) atoms. The molecular formula is C83H83F4N21O10. The summed E-state index contributed by atoms with van der Waals surface area (Å²) in [6, 6.07) is 22.7. The maximum Gasteiger partial charge on any atom is 0.417 e. The summed E-state index contributed by atoms with van der Waals surface area (Å²) in [6.07, 6.45) is 13.7. The molecule has 3 saturated carbocycles. The molecule has 19 rings (SSSR count). The number of ether oxygens (including phenoxy) is 5. The van der Waals surface area contributed by atoms with E-state index in [-0.39, 0.29) is 81.4 Å². The van der Waals surface area contributed by atoms with Gasteiger partial charge in [0.25, 0.3) is 29.5 Å². The number of amides is 5. The maximum absolute atomic E-state index is 14.5. The van der Waals surface area contributed by atoms with Crippen LogP contribution >= 0.6 is 0 Å².